The summed E-state index contributed by atoms with van der Waals surface area (Å²) in [6.07, 6.45) is 1.65. The lowest BCUT2D eigenvalue weighted by atomic mass is 10.1. The largest absolute Gasteiger partial charge is 0.368 e. The minimum Gasteiger partial charge on any atom is -0.368 e. The monoisotopic (exact) mass is 371 g/mol. The lowest BCUT2D eigenvalue weighted by Crippen LogP contribution is -2.05. The quantitative estimate of drug-likeness (QED) is 0.430. The van der Waals surface area contributed by atoms with E-state index in [1.807, 2.05) is 6.07 Å². The van der Waals surface area contributed by atoms with Gasteiger partial charge in [-0.15, -0.1) is 0 Å². The van der Waals surface area contributed by atoms with Crippen molar-refractivity contribution in [3.63, 3.8) is 0 Å². The van der Waals surface area contributed by atoms with E-state index in [9.17, 15) is 10.1 Å². The molecule has 28 heavy (non-hydrogen) atoms. The Morgan fingerprint density at radius 1 is 1.18 bits per heavy atom. The predicted molar refractivity (Wildman–Crippen MR) is 102 cm³/mol. The SMILES string of the molecule is N#Cc1cccc(-c2nc(N)nc3c2cnn3Cc2ccc([N+](=O)[O-])cc2)c1. The molecule has 0 saturated heterocycles. The predicted octanol–water partition coefficient (Wildman–Crippen LogP) is 2.90. The first-order chi connectivity index (χ1) is 13.5. The maximum Gasteiger partial charge on any atom is 0.269 e. The summed E-state index contributed by atoms with van der Waals surface area (Å²) in [5.41, 5.74) is 9.16. The number of nitriles is 1. The summed E-state index contributed by atoms with van der Waals surface area (Å²) in [7, 11) is 0. The van der Waals surface area contributed by atoms with Gasteiger partial charge < -0.3 is 5.73 Å². The van der Waals surface area contributed by atoms with Crippen molar-refractivity contribution in [2.45, 2.75) is 6.54 Å². The fraction of sp³-hybridized carbons (Fsp3) is 0.0526. The van der Waals surface area contributed by atoms with Gasteiger partial charge in [-0.25, -0.2) is 9.67 Å². The molecule has 0 aliphatic heterocycles. The third-order valence-electron chi connectivity index (χ3n) is 4.26. The Hall–Kier alpha value is -4.32. The lowest BCUT2D eigenvalue weighted by molar-refractivity contribution is -0.384. The molecule has 2 N–H and O–H groups in total. The number of fused-ring (bicyclic) bond motifs is 1. The van der Waals surface area contributed by atoms with Crippen molar-refractivity contribution >= 4 is 22.7 Å². The van der Waals surface area contributed by atoms with Gasteiger partial charge in [0.25, 0.3) is 5.69 Å². The van der Waals surface area contributed by atoms with Gasteiger partial charge in [0, 0.05) is 17.7 Å². The van der Waals surface area contributed by atoms with E-state index in [2.05, 4.69) is 21.1 Å². The molecule has 0 bridgehead atoms. The Morgan fingerprint density at radius 2 is 1.96 bits per heavy atom. The molecule has 0 amide bonds. The molecular formula is C19H13N7O2. The second-order valence-corrected chi connectivity index (χ2v) is 6.09. The Balaban J connectivity index is 1.77. The van der Waals surface area contributed by atoms with E-state index in [1.165, 1.54) is 12.1 Å². The normalized spacial score (nSPS) is 10.7. The van der Waals surface area contributed by atoms with Crippen molar-refractivity contribution in [1.82, 2.24) is 19.7 Å². The molecule has 2 aromatic carbocycles. The maximum absolute atomic E-state index is 10.8. The van der Waals surface area contributed by atoms with Gasteiger partial charge in [0.2, 0.25) is 5.95 Å². The smallest absolute Gasteiger partial charge is 0.269 e. The van der Waals surface area contributed by atoms with Gasteiger partial charge in [0.05, 0.1) is 40.4 Å². The Bertz CT molecular complexity index is 1240. The molecule has 2 heterocycles. The molecular weight excluding hydrogens is 358 g/mol. The van der Waals surface area contributed by atoms with E-state index >= 15 is 0 Å². The highest BCUT2D eigenvalue weighted by Crippen LogP contribution is 2.27. The van der Waals surface area contributed by atoms with Crippen molar-refractivity contribution in [2.24, 2.45) is 0 Å². The molecule has 4 rings (SSSR count). The average Bonchev–Trinajstić information content (AvgIpc) is 3.10. The van der Waals surface area contributed by atoms with Crippen LogP contribution in [0.4, 0.5) is 11.6 Å². The van der Waals surface area contributed by atoms with Crippen LogP contribution in [0, 0.1) is 21.4 Å². The van der Waals surface area contributed by atoms with Gasteiger partial charge in [0.1, 0.15) is 0 Å². The molecule has 136 valence electrons. The summed E-state index contributed by atoms with van der Waals surface area (Å²) in [5, 5.41) is 25.0. The number of anilines is 1. The van der Waals surface area contributed by atoms with Crippen LogP contribution in [0.1, 0.15) is 11.1 Å². The number of nitrogens with two attached hydrogens (primary N) is 1. The van der Waals surface area contributed by atoms with Crippen molar-refractivity contribution in [2.75, 3.05) is 5.73 Å². The number of benzene rings is 2. The van der Waals surface area contributed by atoms with Crippen LogP contribution in [0.25, 0.3) is 22.3 Å². The molecule has 0 aliphatic carbocycles. The van der Waals surface area contributed by atoms with E-state index in [4.69, 9.17) is 11.0 Å². The van der Waals surface area contributed by atoms with Crippen LogP contribution in [0.15, 0.2) is 54.7 Å². The molecule has 0 saturated carbocycles. The molecule has 2 aromatic heterocycles. The third kappa shape index (κ3) is 3.10. The Morgan fingerprint density at radius 3 is 2.68 bits per heavy atom. The van der Waals surface area contributed by atoms with Crippen LogP contribution in [-0.4, -0.2) is 24.7 Å². The number of aromatic nitrogens is 4. The number of hydrogen-bond donors (Lipinski definition) is 1. The van der Waals surface area contributed by atoms with E-state index < -0.39 is 4.92 Å². The van der Waals surface area contributed by atoms with Crippen LogP contribution < -0.4 is 5.73 Å². The molecule has 0 aliphatic rings. The first-order valence-electron chi connectivity index (χ1n) is 8.28. The second-order valence-electron chi connectivity index (χ2n) is 6.09. The number of nitro groups is 1. The van der Waals surface area contributed by atoms with Crippen molar-refractivity contribution < 1.29 is 4.92 Å². The Kier molecular flexibility index (Phi) is 4.14. The summed E-state index contributed by atoms with van der Waals surface area (Å²) in [4.78, 5) is 19.0. The first kappa shape index (κ1) is 17.1. The molecule has 0 unspecified atom stereocenters. The van der Waals surface area contributed by atoms with Crippen LogP contribution in [0.3, 0.4) is 0 Å². The van der Waals surface area contributed by atoms with Gasteiger partial charge in [-0.2, -0.15) is 15.3 Å². The third-order valence-corrected chi connectivity index (χ3v) is 4.26. The minimum absolute atomic E-state index is 0.0281. The summed E-state index contributed by atoms with van der Waals surface area (Å²) in [6.45, 7) is 0.371. The zero-order valence-electron chi connectivity index (χ0n) is 14.5. The number of nitrogen functional groups attached to an aromatic ring is 1. The van der Waals surface area contributed by atoms with Crippen LogP contribution in [0.2, 0.25) is 0 Å². The van der Waals surface area contributed by atoms with Crippen molar-refractivity contribution in [3.05, 3.63) is 76.0 Å². The molecule has 0 fully saturated rings. The van der Waals surface area contributed by atoms with Gasteiger partial charge >= 0.3 is 0 Å². The zero-order chi connectivity index (χ0) is 19.7. The molecule has 4 aromatic rings. The molecule has 0 atom stereocenters. The Labute approximate surface area is 158 Å². The van der Waals surface area contributed by atoms with E-state index in [1.54, 1.807) is 41.2 Å². The summed E-state index contributed by atoms with van der Waals surface area (Å²) in [6, 6.07) is 15.4. The van der Waals surface area contributed by atoms with Crippen molar-refractivity contribution in [3.8, 4) is 17.3 Å². The van der Waals surface area contributed by atoms with Crippen LogP contribution >= 0.6 is 0 Å². The van der Waals surface area contributed by atoms with Crippen LogP contribution in [-0.2, 0) is 6.54 Å². The summed E-state index contributed by atoms with van der Waals surface area (Å²) in [5.74, 6) is 0.0929. The highest BCUT2D eigenvalue weighted by atomic mass is 16.6. The molecule has 9 nitrogen and oxygen atoms in total. The number of non-ortho nitro benzene ring substituents is 1. The minimum atomic E-state index is -0.442. The number of rotatable bonds is 4. The second kappa shape index (κ2) is 6.77. The highest BCUT2D eigenvalue weighted by Gasteiger charge is 2.14. The molecule has 0 spiro atoms. The van der Waals surface area contributed by atoms with Gasteiger partial charge in [-0.1, -0.05) is 24.3 Å². The van der Waals surface area contributed by atoms with Crippen LogP contribution in [0.5, 0.6) is 0 Å². The number of nitrogens with zero attached hydrogens (tertiary/aromatic N) is 6. The average molecular weight is 371 g/mol. The maximum atomic E-state index is 10.8. The topological polar surface area (TPSA) is 137 Å². The molecule has 0 radical (unpaired) electrons. The van der Waals surface area contributed by atoms with E-state index in [-0.39, 0.29) is 11.6 Å². The highest BCUT2D eigenvalue weighted by molar-refractivity contribution is 5.91. The van der Waals surface area contributed by atoms with Gasteiger partial charge in [0.15, 0.2) is 5.65 Å². The number of nitro benzene ring substituents is 1. The van der Waals surface area contributed by atoms with E-state index in [0.717, 1.165) is 11.1 Å². The van der Waals surface area contributed by atoms with Crippen molar-refractivity contribution in [1.29, 1.82) is 5.26 Å². The first-order valence-corrected chi connectivity index (χ1v) is 8.28. The summed E-state index contributed by atoms with van der Waals surface area (Å²) < 4.78 is 1.66. The van der Waals surface area contributed by atoms with Gasteiger partial charge in [-0.3, -0.25) is 10.1 Å². The standard InChI is InChI=1S/C19H13N7O2/c20-9-13-2-1-3-14(8-13)17-16-10-22-25(18(16)24-19(21)23-17)11-12-4-6-15(7-5-12)26(27)28/h1-8,10H,11H2,(H2,21,23,24). The van der Waals surface area contributed by atoms with Gasteiger partial charge in [-0.05, 0) is 17.7 Å². The fourth-order valence-electron chi connectivity index (χ4n) is 2.94. The number of hydrogen-bond acceptors (Lipinski definition) is 7. The van der Waals surface area contributed by atoms with E-state index in [0.29, 0.717) is 28.8 Å². The lowest BCUT2D eigenvalue weighted by Gasteiger charge is -2.07. The summed E-state index contributed by atoms with van der Waals surface area (Å²) >= 11 is 0. The zero-order valence-corrected chi connectivity index (χ0v) is 14.5. The molecule has 9 heteroatoms. The fourth-order valence-corrected chi connectivity index (χ4v) is 2.94.